The van der Waals surface area contributed by atoms with E-state index in [1.54, 1.807) is 29.6 Å². The quantitative estimate of drug-likeness (QED) is 0.672. The van der Waals surface area contributed by atoms with Gasteiger partial charge in [0.05, 0.1) is 18.3 Å². The molecule has 29 heavy (non-hydrogen) atoms. The first-order valence-electron chi connectivity index (χ1n) is 9.61. The van der Waals surface area contributed by atoms with Gasteiger partial charge in [-0.15, -0.1) is 0 Å². The van der Waals surface area contributed by atoms with Crippen LogP contribution in [0.3, 0.4) is 0 Å². The highest BCUT2D eigenvalue weighted by Crippen LogP contribution is 2.39. The van der Waals surface area contributed by atoms with Gasteiger partial charge in [-0.3, -0.25) is 19.7 Å². The third kappa shape index (κ3) is 3.33. The summed E-state index contributed by atoms with van der Waals surface area (Å²) in [6.07, 6.45) is 6.13. The lowest BCUT2D eigenvalue weighted by Crippen LogP contribution is -2.55. The third-order valence-corrected chi connectivity index (χ3v) is 5.33. The lowest BCUT2D eigenvalue weighted by molar-refractivity contribution is -0.165. The predicted octanol–water partition coefficient (Wildman–Crippen LogP) is 1.10. The average molecular weight is 392 g/mol. The summed E-state index contributed by atoms with van der Waals surface area (Å²) in [6, 6.07) is 7.08. The van der Waals surface area contributed by atoms with Gasteiger partial charge in [0.2, 0.25) is 5.91 Å². The second-order valence-electron chi connectivity index (χ2n) is 7.29. The van der Waals surface area contributed by atoms with E-state index in [2.05, 4.69) is 25.5 Å². The SMILES string of the molecule is O=C(NCc1[nH]nc2ncccc12)[C@H]1OCC(=O)N(C2CC2)[C@@H]1c1cccnc1. The Kier molecular flexibility index (Phi) is 4.44. The molecule has 3 aromatic heterocycles. The predicted molar refractivity (Wildman–Crippen MR) is 102 cm³/mol. The minimum atomic E-state index is -0.801. The largest absolute Gasteiger partial charge is 0.356 e. The molecule has 1 aliphatic heterocycles. The van der Waals surface area contributed by atoms with Crippen molar-refractivity contribution in [1.82, 2.24) is 30.4 Å². The minimum absolute atomic E-state index is 0.0870. The van der Waals surface area contributed by atoms with Crippen LogP contribution in [-0.2, 0) is 20.9 Å². The summed E-state index contributed by atoms with van der Waals surface area (Å²) in [7, 11) is 0. The molecule has 3 aromatic rings. The molecule has 0 bridgehead atoms. The summed E-state index contributed by atoms with van der Waals surface area (Å²) in [5.41, 5.74) is 2.17. The van der Waals surface area contributed by atoms with Crippen LogP contribution in [0.5, 0.6) is 0 Å². The van der Waals surface area contributed by atoms with Gasteiger partial charge in [0, 0.05) is 30.0 Å². The summed E-state index contributed by atoms with van der Waals surface area (Å²) in [5.74, 6) is -0.361. The monoisotopic (exact) mass is 392 g/mol. The number of hydrogen-bond acceptors (Lipinski definition) is 6. The molecule has 0 spiro atoms. The molecule has 1 aliphatic carbocycles. The molecule has 0 radical (unpaired) electrons. The second-order valence-corrected chi connectivity index (χ2v) is 7.29. The molecule has 4 heterocycles. The highest BCUT2D eigenvalue weighted by atomic mass is 16.5. The number of nitrogens with one attached hydrogen (secondary N) is 2. The fraction of sp³-hybridized carbons (Fsp3) is 0.350. The molecule has 2 N–H and O–H groups in total. The molecule has 5 rings (SSSR count). The first-order valence-corrected chi connectivity index (χ1v) is 9.61. The number of H-pyrrole nitrogens is 1. The van der Waals surface area contributed by atoms with E-state index in [1.165, 1.54) is 0 Å². The summed E-state index contributed by atoms with van der Waals surface area (Å²) >= 11 is 0. The second kappa shape index (κ2) is 7.25. The lowest BCUT2D eigenvalue weighted by Gasteiger charge is -2.40. The number of aromatic amines is 1. The molecule has 148 valence electrons. The van der Waals surface area contributed by atoms with E-state index in [9.17, 15) is 9.59 Å². The number of rotatable bonds is 5. The van der Waals surface area contributed by atoms with Crippen LogP contribution >= 0.6 is 0 Å². The van der Waals surface area contributed by atoms with Crippen LogP contribution in [0.2, 0.25) is 0 Å². The zero-order valence-corrected chi connectivity index (χ0v) is 15.6. The lowest BCUT2D eigenvalue weighted by atomic mass is 9.98. The van der Waals surface area contributed by atoms with Crippen LogP contribution in [0.15, 0.2) is 42.9 Å². The summed E-state index contributed by atoms with van der Waals surface area (Å²) in [6.45, 7) is 0.167. The number of nitrogens with zero attached hydrogens (tertiary/aromatic N) is 4. The van der Waals surface area contributed by atoms with Gasteiger partial charge in [0.1, 0.15) is 6.61 Å². The van der Waals surface area contributed by atoms with Crippen molar-refractivity contribution in [2.24, 2.45) is 0 Å². The van der Waals surface area contributed by atoms with E-state index in [0.717, 1.165) is 29.5 Å². The van der Waals surface area contributed by atoms with E-state index in [-0.39, 0.29) is 31.0 Å². The van der Waals surface area contributed by atoms with Gasteiger partial charge >= 0.3 is 0 Å². The van der Waals surface area contributed by atoms with Gasteiger partial charge < -0.3 is 15.0 Å². The minimum Gasteiger partial charge on any atom is -0.356 e. The molecule has 2 fully saturated rings. The standard InChI is InChI=1S/C20H20N6O3/c27-16-11-29-18(17(26(16)13-5-6-13)12-3-1-7-21-9-12)20(28)23-10-15-14-4-2-8-22-19(14)25-24-15/h1-4,7-9,13,17-18H,5-6,10-11H2,(H,23,28)(H,22,24,25)/t17-,18+/m1/s1. The first kappa shape index (κ1) is 17.7. The Morgan fingerprint density at radius 2 is 2.14 bits per heavy atom. The van der Waals surface area contributed by atoms with Gasteiger partial charge in [-0.2, -0.15) is 5.10 Å². The molecule has 0 aromatic carbocycles. The van der Waals surface area contributed by atoms with Crippen LogP contribution in [0.4, 0.5) is 0 Å². The van der Waals surface area contributed by atoms with Crippen molar-refractivity contribution in [2.75, 3.05) is 6.61 Å². The van der Waals surface area contributed by atoms with Gasteiger partial charge in [-0.05, 0) is 36.6 Å². The van der Waals surface area contributed by atoms with Gasteiger partial charge in [0.25, 0.3) is 5.91 Å². The van der Waals surface area contributed by atoms with Crippen molar-refractivity contribution in [3.63, 3.8) is 0 Å². The van der Waals surface area contributed by atoms with E-state index in [0.29, 0.717) is 5.65 Å². The molecule has 0 unspecified atom stereocenters. The van der Waals surface area contributed by atoms with Crippen LogP contribution in [0.25, 0.3) is 11.0 Å². The number of carbonyl (C=O) groups excluding carboxylic acids is 2. The number of pyridine rings is 2. The smallest absolute Gasteiger partial charge is 0.252 e. The van der Waals surface area contributed by atoms with Crippen molar-refractivity contribution in [1.29, 1.82) is 0 Å². The number of amides is 2. The number of hydrogen-bond donors (Lipinski definition) is 2. The molecule has 1 saturated carbocycles. The Balaban J connectivity index is 1.38. The van der Waals surface area contributed by atoms with Crippen LogP contribution in [0.1, 0.15) is 30.1 Å². The van der Waals surface area contributed by atoms with Crippen molar-refractivity contribution in [2.45, 2.75) is 37.6 Å². The molecule has 1 saturated heterocycles. The number of aromatic nitrogens is 4. The summed E-state index contributed by atoms with van der Waals surface area (Å²) in [5, 5.41) is 10.8. The Morgan fingerprint density at radius 3 is 2.93 bits per heavy atom. The van der Waals surface area contributed by atoms with Crippen LogP contribution < -0.4 is 5.32 Å². The topological polar surface area (TPSA) is 113 Å². The van der Waals surface area contributed by atoms with Gasteiger partial charge in [-0.25, -0.2) is 4.98 Å². The Labute approximate surface area is 166 Å². The Bertz CT molecular complexity index is 1050. The molecule has 9 heteroatoms. The fourth-order valence-electron chi connectivity index (χ4n) is 3.83. The maximum absolute atomic E-state index is 13.1. The molecule has 2 amide bonds. The average Bonchev–Trinajstić information content (AvgIpc) is 3.51. The molecular weight excluding hydrogens is 372 g/mol. The highest BCUT2D eigenvalue weighted by molar-refractivity contribution is 5.87. The van der Waals surface area contributed by atoms with Crippen LogP contribution in [0, 0.1) is 0 Å². The third-order valence-electron chi connectivity index (χ3n) is 5.33. The fourth-order valence-corrected chi connectivity index (χ4v) is 3.83. The molecule has 2 aliphatic rings. The highest BCUT2D eigenvalue weighted by Gasteiger charge is 2.47. The van der Waals surface area contributed by atoms with Gasteiger partial charge in [0.15, 0.2) is 11.8 Å². The number of carbonyl (C=O) groups is 2. The number of morpholine rings is 1. The van der Waals surface area contributed by atoms with E-state index in [4.69, 9.17) is 4.74 Å². The zero-order valence-electron chi connectivity index (χ0n) is 15.6. The van der Waals surface area contributed by atoms with Crippen molar-refractivity contribution < 1.29 is 14.3 Å². The number of ether oxygens (including phenoxy) is 1. The number of fused-ring (bicyclic) bond motifs is 1. The van der Waals surface area contributed by atoms with E-state index >= 15 is 0 Å². The summed E-state index contributed by atoms with van der Waals surface area (Å²) in [4.78, 5) is 35.8. The first-order chi connectivity index (χ1) is 14.2. The molecule has 2 atom stereocenters. The maximum Gasteiger partial charge on any atom is 0.252 e. The van der Waals surface area contributed by atoms with Crippen LogP contribution in [-0.4, -0.2) is 55.6 Å². The Hall–Kier alpha value is -3.33. The maximum atomic E-state index is 13.1. The van der Waals surface area contributed by atoms with E-state index < -0.39 is 12.1 Å². The molecular formula is C20H20N6O3. The normalized spacial score (nSPS) is 22.1. The van der Waals surface area contributed by atoms with E-state index in [1.807, 2.05) is 18.2 Å². The van der Waals surface area contributed by atoms with Crippen molar-refractivity contribution in [3.8, 4) is 0 Å². The van der Waals surface area contributed by atoms with Gasteiger partial charge in [-0.1, -0.05) is 6.07 Å². The Morgan fingerprint density at radius 1 is 1.28 bits per heavy atom. The zero-order chi connectivity index (χ0) is 19.8. The summed E-state index contributed by atoms with van der Waals surface area (Å²) < 4.78 is 5.72. The van der Waals surface area contributed by atoms with Crippen molar-refractivity contribution in [3.05, 3.63) is 54.1 Å². The van der Waals surface area contributed by atoms with Crippen molar-refractivity contribution >= 4 is 22.8 Å². The molecule has 9 nitrogen and oxygen atoms in total.